The van der Waals surface area contributed by atoms with E-state index in [4.69, 9.17) is 10.00 Å². The summed E-state index contributed by atoms with van der Waals surface area (Å²) >= 11 is 0. The number of nitrogens with zero attached hydrogens (tertiary/aromatic N) is 5. The molecule has 2 aromatic rings. The summed E-state index contributed by atoms with van der Waals surface area (Å²) in [5.74, 6) is 2.09. The predicted molar refractivity (Wildman–Crippen MR) is 117 cm³/mol. The van der Waals surface area contributed by atoms with E-state index in [2.05, 4.69) is 26.9 Å². The Hall–Kier alpha value is -3.11. The second-order valence-electron chi connectivity index (χ2n) is 8.67. The van der Waals surface area contributed by atoms with Crippen LogP contribution in [0.25, 0.3) is 0 Å². The number of likely N-dealkylation sites (tertiary alicyclic amines) is 1. The van der Waals surface area contributed by atoms with Crippen LogP contribution in [0.2, 0.25) is 0 Å². The zero-order valence-electron chi connectivity index (χ0n) is 17.8. The Labute approximate surface area is 182 Å². The quantitative estimate of drug-likeness (QED) is 0.760. The van der Waals surface area contributed by atoms with Crippen molar-refractivity contribution in [3.63, 3.8) is 0 Å². The molecule has 3 aliphatic heterocycles. The third kappa shape index (κ3) is 3.72. The number of carbonyl (C=O) groups is 1. The number of nitriles is 1. The lowest BCUT2D eigenvalue weighted by molar-refractivity contribution is -0.133. The number of hydrogen-bond acceptors (Lipinski definition) is 6. The van der Waals surface area contributed by atoms with Crippen LogP contribution in [0.15, 0.2) is 36.5 Å². The number of carbonyl (C=O) groups excluding carboxylic acids is 1. The van der Waals surface area contributed by atoms with Gasteiger partial charge in [0, 0.05) is 44.5 Å². The highest BCUT2D eigenvalue weighted by atomic mass is 16.5. The summed E-state index contributed by atoms with van der Waals surface area (Å²) in [6.45, 7) is 3.62. The maximum absolute atomic E-state index is 13.1. The van der Waals surface area contributed by atoms with Crippen LogP contribution in [0, 0.1) is 11.3 Å². The molecule has 160 valence electrons. The van der Waals surface area contributed by atoms with Crippen LogP contribution < -0.4 is 9.64 Å². The number of fused-ring (bicyclic) bond motifs is 3. The van der Waals surface area contributed by atoms with Crippen molar-refractivity contribution in [2.24, 2.45) is 0 Å². The van der Waals surface area contributed by atoms with Crippen LogP contribution in [0.3, 0.4) is 0 Å². The Morgan fingerprint density at radius 1 is 1.23 bits per heavy atom. The minimum atomic E-state index is 0.218. The number of pyridine rings is 1. The second kappa shape index (κ2) is 8.20. The van der Waals surface area contributed by atoms with E-state index in [1.807, 2.05) is 29.2 Å². The highest BCUT2D eigenvalue weighted by molar-refractivity contribution is 5.79. The van der Waals surface area contributed by atoms with Gasteiger partial charge in [-0.25, -0.2) is 4.98 Å². The van der Waals surface area contributed by atoms with E-state index in [9.17, 15) is 4.79 Å². The number of ether oxygens (including phenoxy) is 1. The predicted octanol–water partition coefficient (Wildman–Crippen LogP) is 2.20. The van der Waals surface area contributed by atoms with Crippen molar-refractivity contribution in [1.29, 1.82) is 5.26 Å². The fraction of sp³-hybridized carbons (Fsp3) is 0.458. The summed E-state index contributed by atoms with van der Waals surface area (Å²) in [5, 5.41) is 9.01. The molecule has 1 aromatic carbocycles. The van der Waals surface area contributed by atoms with Gasteiger partial charge in [0.15, 0.2) is 0 Å². The first-order chi connectivity index (χ1) is 15.2. The molecule has 2 fully saturated rings. The van der Waals surface area contributed by atoms with Crippen LogP contribution in [0.1, 0.15) is 29.5 Å². The van der Waals surface area contributed by atoms with Gasteiger partial charge < -0.3 is 14.5 Å². The molecular weight excluding hydrogens is 390 g/mol. The number of benzene rings is 1. The van der Waals surface area contributed by atoms with E-state index in [0.29, 0.717) is 24.2 Å². The maximum atomic E-state index is 13.1. The average molecular weight is 418 g/mol. The molecule has 31 heavy (non-hydrogen) atoms. The fourth-order valence-corrected chi connectivity index (χ4v) is 5.34. The van der Waals surface area contributed by atoms with E-state index < -0.39 is 0 Å². The maximum Gasteiger partial charge on any atom is 0.236 e. The Balaban J connectivity index is 1.22. The number of aromatic nitrogens is 1. The normalized spacial score (nSPS) is 22.7. The molecule has 3 aliphatic rings. The van der Waals surface area contributed by atoms with Gasteiger partial charge in [0.05, 0.1) is 19.2 Å². The van der Waals surface area contributed by atoms with Crippen molar-refractivity contribution < 1.29 is 9.53 Å². The first-order valence-electron chi connectivity index (χ1n) is 11.0. The van der Waals surface area contributed by atoms with Crippen molar-refractivity contribution in [1.82, 2.24) is 14.8 Å². The third-order valence-corrected chi connectivity index (χ3v) is 6.86. The Bertz CT molecular complexity index is 1000. The molecule has 0 aliphatic carbocycles. The number of methoxy groups -OCH3 is 1. The summed E-state index contributed by atoms with van der Waals surface area (Å²) in [6.07, 6.45) is 4.70. The minimum absolute atomic E-state index is 0.218. The smallest absolute Gasteiger partial charge is 0.236 e. The van der Waals surface area contributed by atoms with Gasteiger partial charge in [0.1, 0.15) is 17.6 Å². The molecular formula is C24H27N5O2. The van der Waals surface area contributed by atoms with Crippen molar-refractivity contribution >= 4 is 11.7 Å². The highest BCUT2D eigenvalue weighted by Gasteiger charge is 2.42. The van der Waals surface area contributed by atoms with E-state index in [-0.39, 0.29) is 5.91 Å². The molecule has 7 nitrogen and oxygen atoms in total. The lowest BCUT2D eigenvalue weighted by atomic mass is 9.98. The van der Waals surface area contributed by atoms with Gasteiger partial charge in [-0.2, -0.15) is 5.26 Å². The van der Waals surface area contributed by atoms with Crippen LogP contribution >= 0.6 is 0 Å². The average Bonchev–Trinajstić information content (AvgIpc) is 3.07. The zero-order valence-corrected chi connectivity index (χ0v) is 17.8. The second-order valence-corrected chi connectivity index (χ2v) is 8.67. The van der Waals surface area contributed by atoms with Gasteiger partial charge in [-0.3, -0.25) is 9.69 Å². The molecule has 2 bridgehead atoms. The highest BCUT2D eigenvalue weighted by Crippen LogP contribution is 2.34. The van der Waals surface area contributed by atoms with E-state index in [1.54, 1.807) is 13.3 Å². The lowest BCUT2D eigenvalue weighted by Gasteiger charge is -2.42. The van der Waals surface area contributed by atoms with Crippen molar-refractivity contribution in [3.8, 4) is 11.8 Å². The van der Waals surface area contributed by atoms with Crippen LogP contribution in [0.4, 0.5) is 5.82 Å². The molecule has 2 saturated heterocycles. The Kier molecular flexibility index (Phi) is 5.24. The molecule has 0 saturated carbocycles. The van der Waals surface area contributed by atoms with Crippen molar-refractivity contribution in [3.05, 3.63) is 53.2 Å². The summed E-state index contributed by atoms with van der Waals surface area (Å²) in [6, 6.07) is 12.7. The van der Waals surface area contributed by atoms with Crippen LogP contribution in [-0.4, -0.2) is 66.1 Å². The van der Waals surface area contributed by atoms with Crippen molar-refractivity contribution in [2.45, 2.75) is 37.9 Å². The van der Waals surface area contributed by atoms with Gasteiger partial charge >= 0.3 is 0 Å². The number of rotatable bonds is 4. The first kappa shape index (κ1) is 19.8. The molecule has 5 rings (SSSR count). The van der Waals surface area contributed by atoms with Gasteiger partial charge in [-0.05, 0) is 48.6 Å². The largest absolute Gasteiger partial charge is 0.496 e. The molecule has 1 amide bonds. The summed E-state index contributed by atoms with van der Waals surface area (Å²) < 4.78 is 5.49. The molecule has 7 heteroatoms. The summed E-state index contributed by atoms with van der Waals surface area (Å²) in [4.78, 5) is 24.3. The monoisotopic (exact) mass is 417 g/mol. The first-order valence-corrected chi connectivity index (χ1v) is 11.0. The molecule has 0 spiro atoms. The SMILES string of the molecule is COc1cccc2c1CCN(CC(=O)N1CC3CCC(C1)N3c1ccc(C#N)cn1)C2. The summed E-state index contributed by atoms with van der Waals surface area (Å²) in [5.41, 5.74) is 3.11. The zero-order chi connectivity index (χ0) is 21.4. The van der Waals surface area contributed by atoms with Crippen molar-refractivity contribution in [2.75, 3.05) is 38.2 Å². The number of anilines is 1. The third-order valence-electron chi connectivity index (χ3n) is 6.86. The molecule has 0 radical (unpaired) electrons. The van der Waals surface area contributed by atoms with Gasteiger partial charge in [-0.15, -0.1) is 0 Å². The number of amides is 1. The molecule has 4 heterocycles. The summed E-state index contributed by atoms with van der Waals surface area (Å²) in [7, 11) is 1.72. The molecule has 2 atom stereocenters. The molecule has 2 unspecified atom stereocenters. The molecule has 1 aromatic heterocycles. The fourth-order valence-electron chi connectivity index (χ4n) is 5.34. The van der Waals surface area contributed by atoms with E-state index in [1.165, 1.54) is 11.1 Å². The molecule has 0 N–H and O–H groups in total. The van der Waals surface area contributed by atoms with Gasteiger partial charge in [0.25, 0.3) is 0 Å². The standard InChI is InChI=1S/C24H27N5O2/c1-31-22-4-2-3-18-13-27(10-9-21(18)22)16-24(30)28-14-19-6-7-20(15-28)29(19)23-8-5-17(11-25)12-26-23/h2-5,8,12,19-20H,6-7,9-10,13-16H2,1H3. The van der Waals surface area contributed by atoms with Gasteiger partial charge in [-0.1, -0.05) is 12.1 Å². The van der Waals surface area contributed by atoms with Crippen LogP contribution in [0.5, 0.6) is 5.75 Å². The number of piperazine rings is 1. The Morgan fingerprint density at radius 2 is 2.03 bits per heavy atom. The van der Waals surface area contributed by atoms with E-state index in [0.717, 1.165) is 57.0 Å². The topological polar surface area (TPSA) is 72.7 Å². The lowest BCUT2D eigenvalue weighted by Crippen LogP contribution is -2.57. The van der Waals surface area contributed by atoms with Gasteiger partial charge in [0.2, 0.25) is 5.91 Å². The minimum Gasteiger partial charge on any atom is -0.496 e. The number of hydrogen-bond donors (Lipinski definition) is 0. The Morgan fingerprint density at radius 3 is 2.71 bits per heavy atom. The van der Waals surface area contributed by atoms with Crippen LogP contribution in [-0.2, 0) is 17.8 Å². The van der Waals surface area contributed by atoms with E-state index >= 15 is 0 Å².